The van der Waals surface area contributed by atoms with Crippen molar-refractivity contribution in [3.05, 3.63) is 76.7 Å². The normalized spacial score (nSPS) is 11.0. The first-order valence-corrected chi connectivity index (χ1v) is 9.47. The maximum Gasteiger partial charge on any atom is 0.276 e. The van der Waals surface area contributed by atoms with Crippen LogP contribution in [0.4, 0.5) is 5.82 Å². The summed E-state index contributed by atoms with van der Waals surface area (Å²) >= 11 is 3.37. The molecule has 2 heterocycles. The lowest BCUT2D eigenvalue weighted by atomic mass is 10.0. The highest BCUT2D eigenvalue weighted by Crippen LogP contribution is 2.20. The molecule has 0 aliphatic rings. The van der Waals surface area contributed by atoms with E-state index in [1.165, 1.54) is 16.3 Å². The Kier molecular flexibility index (Phi) is 4.77. The number of carbonyl (C=O) groups is 1. The molecule has 0 bridgehead atoms. The summed E-state index contributed by atoms with van der Waals surface area (Å²) in [7, 11) is 0. The summed E-state index contributed by atoms with van der Waals surface area (Å²) in [5.41, 5.74) is 1.67. The van der Waals surface area contributed by atoms with E-state index in [4.69, 9.17) is 0 Å². The largest absolute Gasteiger partial charge is 0.304 e. The van der Waals surface area contributed by atoms with Crippen molar-refractivity contribution in [3.8, 4) is 0 Å². The van der Waals surface area contributed by atoms with E-state index in [0.717, 1.165) is 0 Å². The number of fused-ring (bicyclic) bond motifs is 1. The van der Waals surface area contributed by atoms with Crippen molar-refractivity contribution in [2.24, 2.45) is 0 Å². The van der Waals surface area contributed by atoms with Crippen LogP contribution in [0.1, 0.15) is 23.0 Å². The fourth-order valence-electron chi connectivity index (χ4n) is 3.12. The smallest absolute Gasteiger partial charge is 0.276 e. The Hall–Kier alpha value is -2.93. The molecular formula is C20H18BrN5O. The molecule has 4 aromatic rings. The third-order valence-corrected chi connectivity index (χ3v) is 4.98. The zero-order valence-electron chi connectivity index (χ0n) is 14.8. The molecule has 2 aromatic heterocycles. The van der Waals surface area contributed by atoms with Crippen LogP contribution >= 0.6 is 15.9 Å². The number of anilines is 1. The number of rotatable bonds is 5. The van der Waals surface area contributed by atoms with Crippen molar-refractivity contribution in [1.82, 2.24) is 19.6 Å². The van der Waals surface area contributed by atoms with Crippen molar-refractivity contribution in [1.29, 1.82) is 0 Å². The number of halogens is 1. The Morgan fingerprint density at radius 1 is 1.15 bits per heavy atom. The summed E-state index contributed by atoms with van der Waals surface area (Å²) < 4.78 is 4.13. The Balaban J connectivity index is 1.53. The minimum absolute atomic E-state index is 0.239. The van der Waals surface area contributed by atoms with E-state index in [0.29, 0.717) is 29.1 Å². The molecule has 136 valence electrons. The van der Waals surface area contributed by atoms with Crippen LogP contribution in [0.25, 0.3) is 10.8 Å². The Morgan fingerprint density at radius 3 is 2.81 bits per heavy atom. The topological polar surface area (TPSA) is 64.7 Å². The number of aryl methyl sites for hydroxylation is 1. The second-order valence-electron chi connectivity index (χ2n) is 6.15. The number of hydrogen-bond acceptors (Lipinski definition) is 3. The van der Waals surface area contributed by atoms with Crippen LogP contribution in [0.3, 0.4) is 0 Å². The molecule has 0 saturated heterocycles. The van der Waals surface area contributed by atoms with Gasteiger partial charge in [-0.15, -0.1) is 0 Å². The second kappa shape index (κ2) is 7.36. The molecule has 0 aliphatic carbocycles. The number of aromatic nitrogens is 4. The summed E-state index contributed by atoms with van der Waals surface area (Å²) in [4.78, 5) is 12.6. The maximum absolute atomic E-state index is 12.6. The summed E-state index contributed by atoms with van der Waals surface area (Å²) in [5, 5.41) is 13.9. The predicted molar refractivity (Wildman–Crippen MR) is 109 cm³/mol. The van der Waals surface area contributed by atoms with E-state index >= 15 is 0 Å². The van der Waals surface area contributed by atoms with E-state index in [9.17, 15) is 4.79 Å². The quantitative estimate of drug-likeness (QED) is 0.519. The Labute approximate surface area is 164 Å². The average molecular weight is 424 g/mol. The number of nitrogens with one attached hydrogen (secondary N) is 1. The highest BCUT2D eigenvalue weighted by Gasteiger charge is 2.17. The predicted octanol–water partition coefficient (Wildman–Crippen LogP) is 4.32. The van der Waals surface area contributed by atoms with Gasteiger partial charge < -0.3 is 5.32 Å². The summed E-state index contributed by atoms with van der Waals surface area (Å²) in [5.74, 6) is 0.271. The molecule has 0 fully saturated rings. The van der Waals surface area contributed by atoms with E-state index in [2.05, 4.69) is 55.7 Å². The molecule has 6 nitrogen and oxygen atoms in total. The zero-order chi connectivity index (χ0) is 18.8. The molecule has 1 amide bonds. The van der Waals surface area contributed by atoms with Crippen LogP contribution in [0.5, 0.6) is 0 Å². The van der Waals surface area contributed by atoms with Crippen LogP contribution in [0.2, 0.25) is 0 Å². The third-order valence-electron chi connectivity index (χ3n) is 4.40. The van der Waals surface area contributed by atoms with Gasteiger partial charge in [-0.2, -0.15) is 10.2 Å². The van der Waals surface area contributed by atoms with Gasteiger partial charge in [0.25, 0.3) is 5.91 Å². The molecule has 0 spiro atoms. The molecule has 0 atom stereocenters. The lowest BCUT2D eigenvalue weighted by Gasteiger charge is -2.07. The zero-order valence-corrected chi connectivity index (χ0v) is 16.3. The van der Waals surface area contributed by atoms with Crippen LogP contribution in [0.15, 0.2) is 65.4 Å². The van der Waals surface area contributed by atoms with Crippen molar-refractivity contribution in [2.75, 3.05) is 5.32 Å². The van der Waals surface area contributed by atoms with Crippen LogP contribution in [0, 0.1) is 0 Å². The third kappa shape index (κ3) is 3.50. The highest BCUT2D eigenvalue weighted by atomic mass is 79.9. The fourth-order valence-corrected chi connectivity index (χ4v) is 3.60. The van der Waals surface area contributed by atoms with Gasteiger partial charge >= 0.3 is 0 Å². The SMILES string of the molecule is CCn1ncc(Br)c1C(=O)Nc1ccn(Cc2cccc3ccccc23)n1. The van der Waals surface area contributed by atoms with Crippen molar-refractivity contribution >= 4 is 38.4 Å². The minimum Gasteiger partial charge on any atom is -0.304 e. The van der Waals surface area contributed by atoms with Gasteiger partial charge in [-0.3, -0.25) is 14.2 Å². The maximum atomic E-state index is 12.6. The molecule has 0 unspecified atom stereocenters. The van der Waals surface area contributed by atoms with Gasteiger partial charge in [-0.25, -0.2) is 0 Å². The summed E-state index contributed by atoms with van der Waals surface area (Å²) in [6, 6.07) is 16.3. The first kappa shape index (κ1) is 17.5. The van der Waals surface area contributed by atoms with Gasteiger partial charge in [0.1, 0.15) is 5.69 Å². The van der Waals surface area contributed by atoms with Gasteiger partial charge in [0.05, 0.1) is 17.2 Å². The van der Waals surface area contributed by atoms with Crippen molar-refractivity contribution in [3.63, 3.8) is 0 Å². The first-order valence-electron chi connectivity index (χ1n) is 8.68. The second-order valence-corrected chi connectivity index (χ2v) is 7.00. The van der Waals surface area contributed by atoms with Gasteiger partial charge in [0.15, 0.2) is 5.82 Å². The van der Waals surface area contributed by atoms with Crippen LogP contribution < -0.4 is 5.32 Å². The molecule has 0 aliphatic heterocycles. The lowest BCUT2D eigenvalue weighted by molar-refractivity contribution is 0.101. The van der Waals surface area contributed by atoms with Crippen molar-refractivity contribution < 1.29 is 4.79 Å². The number of amides is 1. The van der Waals surface area contributed by atoms with E-state index < -0.39 is 0 Å². The molecule has 0 radical (unpaired) electrons. The van der Waals surface area contributed by atoms with E-state index in [1.807, 2.05) is 36.0 Å². The number of carbonyl (C=O) groups excluding carboxylic acids is 1. The summed E-state index contributed by atoms with van der Waals surface area (Å²) in [6.07, 6.45) is 3.49. The molecule has 2 aromatic carbocycles. The van der Waals surface area contributed by atoms with Gasteiger partial charge in [0, 0.05) is 18.8 Å². The lowest BCUT2D eigenvalue weighted by Crippen LogP contribution is -2.18. The van der Waals surface area contributed by atoms with Gasteiger partial charge in [0.2, 0.25) is 0 Å². The molecule has 7 heteroatoms. The van der Waals surface area contributed by atoms with Gasteiger partial charge in [-0.1, -0.05) is 42.5 Å². The molecule has 0 saturated carbocycles. The Morgan fingerprint density at radius 2 is 1.96 bits per heavy atom. The van der Waals surface area contributed by atoms with Gasteiger partial charge in [-0.05, 0) is 39.2 Å². The van der Waals surface area contributed by atoms with E-state index in [-0.39, 0.29) is 5.91 Å². The van der Waals surface area contributed by atoms with Crippen LogP contribution in [-0.4, -0.2) is 25.5 Å². The standard InChI is InChI=1S/C20H18BrN5O/c1-2-26-19(17(21)12-22-26)20(27)23-18-10-11-25(24-18)13-15-8-5-7-14-6-3-4-9-16(14)15/h3-12H,2,13H2,1H3,(H,23,24,27). The molecule has 1 N–H and O–H groups in total. The first-order chi connectivity index (χ1) is 13.2. The Bertz CT molecular complexity index is 1110. The molecular weight excluding hydrogens is 406 g/mol. The molecule has 27 heavy (non-hydrogen) atoms. The number of benzene rings is 2. The summed E-state index contributed by atoms with van der Waals surface area (Å²) in [6.45, 7) is 3.19. The van der Waals surface area contributed by atoms with Crippen LogP contribution in [-0.2, 0) is 13.1 Å². The fraction of sp³-hybridized carbons (Fsp3) is 0.150. The van der Waals surface area contributed by atoms with E-state index in [1.54, 1.807) is 16.9 Å². The average Bonchev–Trinajstić information content (AvgIpc) is 3.28. The minimum atomic E-state index is -0.239. The number of nitrogens with zero attached hydrogens (tertiary/aromatic N) is 4. The van der Waals surface area contributed by atoms with Crippen molar-refractivity contribution in [2.45, 2.75) is 20.0 Å². The number of hydrogen-bond donors (Lipinski definition) is 1. The highest BCUT2D eigenvalue weighted by molar-refractivity contribution is 9.10. The molecule has 4 rings (SSSR count). The monoisotopic (exact) mass is 423 g/mol.